The molecule has 2 aromatic carbocycles. The van der Waals surface area contributed by atoms with Gasteiger partial charge in [-0.25, -0.2) is 8.42 Å². The number of piperidine rings is 1. The highest BCUT2D eigenvalue weighted by Crippen LogP contribution is 2.25. The number of amides is 1. The molecule has 2 aromatic rings. The van der Waals surface area contributed by atoms with E-state index in [4.69, 9.17) is 0 Å². The number of carbonyl (C=O) groups excluding carboxylic acids is 1. The maximum atomic E-state index is 12.8. The van der Waals surface area contributed by atoms with Crippen molar-refractivity contribution in [1.82, 2.24) is 4.31 Å². The topological polar surface area (TPSA) is 66.5 Å². The van der Waals surface area contributed by atoms with Crippen molar-refractivity contribution in [2.24, 2.45) is 0 Å². The Labute approximate surface area is 168 Å². The second-order valence-corrected chi connectivity index (χ2v) is 9.58. The number of benzene rings is 2. The van der Waals surface area contributed by atoms with Crippen molar-refractivity contribution in [2.75, 3.05) is 11.9 Å². The van der Waals surface area contributed by atoms with E-state index in [-0.39, 0.29) is 16.8 Å². The molecule has 1 fully saturated rings. The number of nitrogens with zero attached hydrogens (tertiary/aromatic N) is 1. The van der Waals surface area contributed by atoms with E-state index in [1.807, 2.05) is 31.2 Å². The predicted molar refractivity (Wildman–Crippen MR) is 111 cm³/mol. The SMILES string of the molecule is C[C@@H]1CCCCN1S(=O)(=O)c1ccc(C(=O)Nc2ccc(I)cc2)cc1. The van der Waals surface area contributed by atoms with E-state index in [0.717, 1.165) is 22.8 Å². The van der Waals surface area contributed by atoms with Crippen LogP contribution < -0.4 is 5.32 Å². The van der Waals surface area contributed by atoms with Gasteiger partial charge in [0.15, 0.2) is 0 Å². The third-order valence-corrected chi connectivity index (χ3v) is 7.31. The molecule has 1 atom stereocenters. The highest BCUT2D eigenvalue weighted by Gasteiger charge is 2.30. The molecule has 0 spiro atoms. The summed E-state index contributed by atoms with van der Waals surface area (Å²) >= 11 is 2.20. The summed E-state index contributed by atoms with van der Waals surface area (Å²) in [5.41, 5.74) is 1.13. The molecule has 0 saturated carbocycles. The molecular formula is C19H21IN2O3S. The molecule has 1 saturated heterocycles. The molecule has 1 aliphatic rings. The van der Waals surface area contributed by atoms with Gasteiger partial charge < -0.3 is 5.32 Å². The summed E-state index contributed by atoms with van der Waals surface area (Å²) in [6.07, 6.45) is 2.83. The molecule has 3 rings (SSSR count). The lowest BCUT2D eigenvalue weighted by Gasteiger charge is -2.32. The van der Waals surface area contributed by atoms with E-state index < -0.39 is 10.0 Å². The highest BCUT2D eigenvalue weighted by atomic mass is 127. The first-order valence-electron chi connectivity index (χ1n) is 8.57. The van der Waals surface area contributed by atoms with Crippen LogP contribution >= 0.6 is 22.6 Å². The van der Waals surface area contributed by atoms with Gasteiger partial charge in [-0.2, -0.15) is 4.31 Å². The molecule has 0 radical (unpaired) electrons. The Morgan fingerprint density at radius 2 is 1.73 bits per heavy atom. The Morgan fingerprint density at radius 3 is 2.35 bits per heavy atom. The van der Waals surface area contributed by atoms with Crippen molar-refractivity contribution in [3.63, 3.8) is 0 Å². The van der Waals surface area contributed by atoms with Gasteiger partial charge in [0, 0.05) is 27.4 Å². The van der Waals surface area contributed by atoms with Gasteiger partial charge >= 0.3 is 0 Å². The molecule has 5 nitrogen and oxygen atoms in total. The lowest BCUT2D eigenvalue weighted by Crippen LogP contribution is -2.41. The van der Waals surface area contributed by atoms with Crippen LogP contribution in [0, 0.1) is 3.57 Å². The van der Waals surface area contributed by atoms with Crippen LogP contribution in [-0.2, 0) is 10.0 Å². The van der Waals surface area contributed by atoms with Crippen LogP contribution in [-0.4, -0.2) is 31.2 Å². The lowest BCUT2D eigenvalue weighted by molar-refractivity contribution is 0.102. The minimum atomic E-state index is -3.52. The van der Waals surface area contributed by atoms with Gasteiger partial charge in [0.05, 0.1) is 4.90 Å². The fraction of sp³-hybridized carbons (Fsp3) is 0.316. The van der Waals surface area contributed by atoms with E-state index in [9.17, 15) is 13.2 Å². The van der Waals surface area contributed by atoms with Gasteiger partial charge in [0.2, 0.25) is 10.0 Å². The number of carbonyl (C=O) groups is 1. The molecule has 1 heterocycles. The number of hydrogen-bond donors (Lipinski definition) is 1. The molecule has 7 heteroatoms. The van der Waals surface area contributed by atoms with Gasteiger partial charge in [-0.3, -0.25) is 4.79 Å². The Morgan fingerprint density at radius 1 is 1.08 bits per heavy atom. The number of sulfonamides is 1. The molecule has 138 valence electrons. The van der Waals surface area contributed by atoms with E-state index in [1.165, 1.54) is 12.1 Å². The Balaban J connectivity index is 1.75. The van der Waals surface area contributed by atoms with Gasteiger partial charge in [0.25, 0.3) is 5.91 Å². The maximum absolute atomic E-state index is 12.8. The molecule has 0 aliphatic carbocycles. The standard InChI is InChI=1S/C19H21IN2O3S/c1-14-4-2-3-13-22(14)26(24,25)18-11-5-15(6-12-18)19(23)21-17-9-7-16(20)8-10-17/h5-12,14H,2-4,13H2,1H3,(H,21,23)/t14-/m1/s1. The summed E-state index contributed by atoms with van der Waals surface area (Å²) in [6, 6.07) is 13.6. The first-order chi connectivity index (χ1) is 12.4. The zero-order chi connectivity index (χ0) is 18.7. The Bertz CT molecular complexity index is 880. The zero-order valence-electron chi connectivity index (χ0n) is 14.5. The summed E-state index contributed by atoms with van der Waals surface area (Å²) in [4.78, 5) is 12.6. The maximum Gasteiger partial charge on any atom is 0.255 e. The van der Waals surface area contributed by atoms with E-state index >= 15 is 0 Å². The summed E-state index contributed by atoms with van der Waals surface area (Å²) < 4.78 is 28.3. The average Bonchev–Trinajstić information content (AvgIpc) is 2.64. The summed E-state index contributed by atoms with van der Waals surface area (Å²) in [6.45, 7) is 2.50. The first-order valence-corrected chi connectivity index (χ1v) is 11.1. The molecule has 26 heavy (non-hydrogen) atoms. The van der Waals surface area contributed by atoms with Crippen LogP contribution in [0.5, 0.6) is 0 Å². The third kappa shape index (κ3) is 4.27. The van der Waals surface area contributed by atoms with Gasteiger partial charge in [-0.15, -0.1) is 0 Å². The number of rotatable bonds is 4. The van der Waals surface area contributed by atoms with E-state index in [0.29, 0.717) is 17.8 Å². The summed E-state index contributed by atoms with van der Waals surface area (Å²) in [7, 11) is -3.52. The van der Waals surface area contributed by atoms with Crippen LogP contribution in [0.4, 0.5) is 5.69 Å². The van der Waals surface area contributed by atoms with Crippen LogP contribution in [0.25, 0.3) is 0 Å². The minimum absolute atomic E-state index is 0.0117. The quantitative estimate of drug-likeness (QED) is 0.665. The largest absolute Gasteiger partial charge is 0.322 e. The fourth-order valence-electron chi connectivity index (χ4n) is 3.08. The zero-order valence-corrected chi connectivity index (χ0v) is 17.5. The first kappa shape index (κ1) is 19.3. The van der Waals surface area contributed by atoms with E-state index in [2.05, 4.69) is 27.9 Å². The number of nitrogens with one attached hydrogen (secondary N) is 1. The predicted octanol–water partition coefficient (Wildman–Crippen LogP) is 4.11. The van der Waals surface area contributed by atoms with Gasteiger partial charge in [0.1, 0.15) is 0 Å². The molecule has 1 N–H and O–H groups in total. The molecule has 1 aliphatic heterocycles. The minimum Gasteiger partial charge on any atom is -0.322 e. The molecule has 0 bridgehead atoms. The number of anilines is 1. The molecule has 0 aromatic heterocycles. The smallest absolute Gasteiger partial charge is 0.255 e. The Kier molecular flexibility index (Phi) is 5.99. The molecular weight excluding hydrogens is 463 g/mol. The van der Waals surface area contributed by atoms with Crippen molar-refractivity contribution in [3.05, 3.63) is 57.7 Å². The number of halogens is 1. The van der Waals surface area contributed by atoms with Gasteiger partial charge in [-0.1, -0.05) is 6.42 Å². The fourth-order valence-corrected chi connectivity index (χ4v) is 5.14. The number of hydrogen-bond acceptors (Lipinski definition) is 3. The van der Waals surface area contributed by atoms with Crippen LogP contribution in [0.3, 0.4) is 0 Å². The van der Waals surface area contributed by atoms with Crippen molar-refractivity contribution in [3.8, 4) is 0 Å². The summed E-state index contributed by atoms with van der Waals surface area (Å²) in [5, 5.41) is 2.81. The van der Waals surface area contributed by atoms with Gasteiger partial charge in [-0.05, 0) is 90.9 Å². The van der Waals surface area contributed by atoms with Crippen LogP contribution in [0.1, 0.15) is 36.5 Å². The lowest BCUT2D eigenvalue weighted by atomic mass is 10.1. The normalized spacial score (nSPS) is 18.5. The highest BCUT2D eigenvalue weighted by molar-refractivity contribution is 14.1. The van der Waals surface area contributed by atoms with Crippen LogP contribution in [0.2, 0.25) is 0 Å². The molecule has 1 amide bonds. The molecule has 0 unspecified atom stereocenters. The monoisotopic (exact) mass is 484 g/mol. The van der Waals surface area contributed by atoms with Crippen molar-refractivity contribution >= 4 is 44.2 Å². The summed E-state index contributed by atoms with van der Waals surface area (Å²) in [5.74, 6) is -0.263. The van der Waals surface area contributed by atoms with Crippen LogP contribution in [0.15, 0.2) is 53.4 Å². The Hall–Kier alpha value is -1.45. The third-order valence-electron chi connectivity index (χ3n) is 4.57. The van der Waals surface area contributed by atoms with E-state index in [1.54, 1.807) is 16.4 Å². The van der Waals surface area contributed by atoms with Crippen molar-refractivity contribution in [1.29, 1.82) is 0 Å². The van der Waals surface area contributed by atoms with Crippen molar-refractivity contribution in [2.45, 2.75) is 37.1 Å². The second kappa shape index (κ2) is 8.06. The van der Waals surface area contributed by atoms with Crippen molar-refractivity contribution < 1.29 is 13.2 Å². The average molecular weight is 484 g/mol. The second-order valence-electron chi connectivity index (χ2n) is 6.45.